The summed E-state index contributed by atoms with van der Waals surface area (Å²) in [5.74, 6) is 1.47. The van der Waals surface area contributed by atoms with Crippen molar-refractivity contribution >= 4 is 6.03 Å². The molecule has 2 heterocycles. The molecule has 2 N–H and O–H groups in total. The molecular formula is C18H27N3O4. The summed E-state index contributed by atoms with van der Waals surface area (Å²) in [7, 11) is 0. The molecule has 3 rings (SSSR count). The van der Waals surface area contributed by atoms with E-state index in [1.54, 1.807) is 0 Å². The number of ether oxygens (including phenoxy) is 3. The molecule has 0 spiro atoms. The van der Waals surface area contributed by atoms with Gasteiger partial charge in [-0.15, -0.1) is 0 Å². The average Bonchev–Trinajstić information content (AvgIpc) is 3.08. The zero-order chi connectivity index (χ0) is 17.9. The van der Waals surface area contributed by atoms with Crippen LogP contribution in [0.2, 0.25) is 0 Å². The molecule has 1 aromatic rings. The number of amides is 2. The molecule has 1 aromatic carbocycles. The third-order valence-electron chi connectivity index (χ3n) is 4.79. The fourth-order valence-corrected chi connectivity index (χ4v) is 3.09. The number of nitrogens with zero attached hydrogens (tertiary/aromatic N) is 1. The Kier molecular flexibility index (Phi) is 5.34. The molecule has 7 heteroatoms. The van der Waals surface area contributed by atoms with Gasteiger partial charge in [0.2, 0.25) is 6.79 Å². The molecular weight excluding hydrogens is 322 g/mol. The summed E-state index contributed by atoms with van der Waals surface area (Å²) in [4.78, 5) is 14.6. The summed E-state index contributed by atoms with van der Waals surface area (Å²) in [6, 6.07) is 5.42. The smallest absolute Gasteiger partial charge is 0.315 e. The van der Waals surface area contributed by atoms with Crippen molar-refractivity contribution in [2.24, 2.45) is 0 Å². The molecule has 1 saturated heterocycles. The lowest BCUT2D eigenvalue weighted by molar-refractivity contribution is -0.00876. The van der Waals surface area contributed by atoms with Gasteiger partial charge < -0.3 is 24.8 Å². The predicted molar refractivity (Wildman–Crippen MR) is 94.0 cm³/mol. The van der Waals surface area contributed by atoms with Gasteiger partial charge in [0.05, 0.1) is 19.3 Å². The van der Waals surface area contributed by atoms with Gasteiger partial charge in [0.15, 0.2) is 11.5 Å². The molecule has 1 fully saturated rings. The van der Waals surface area contributed by atoms with E-state index in [-0.39, 0.29) is 24.4 Å². The van der Waals surface area contributed by atoms with E-state index in [0.717, 1.165) is 43.4 Å². The maximum absolute atomic E-state index is 12.3. The first-order valence-corrected chi connectivity index (χ1v) is 8.72. The molecule has 1 atom stereocenters. The van der Waals surface area contributed by atoms with Crippen molar-refractivity contribution in [3.05, 3.63) is 23.8 Å². The number of morpholine rings is 1. The summed E-state index contributed by atoms with van der Waals surface area (Å²) in [6.45, 7) is 10.3. The second kappa shape index (κ2) is 7.49. The zero-order valence-corrected chi connectivity index (χ0v) is 15.1. The van der Waals surface area contributed by atoms with E-state index < -0.39 is 0 Å². The van der Waals surface area contributed by atoms with Gasteiger partial charge in [0.1, 0.15) is 0 Å². The molecule has 2 aliphatic rings. The molecule has 7 nitrogen and oxygen atoms in total. The van der Waals surface area contributed by atoms with Crippen LogP contribution in [0.5, 0.6) is 11.5 Å². The van der Waals surface area contributed by atoms with Crippen molar-refractivity contribution in [3.63, 3.8) is 0 Å². The van der Waals surface area contributed by atoms with Crippen LogP contribution in [-0.4, -0.2) is 56.1 Å². The number of hydrogen-bond acceptors (Lipinski definition) is 5. The lowest BCUT2D eigenvalue weighted by Gasteiger charge is -2.40. The summed E-state index contributed by atoms with van der Waals surface area (Å²) in [6.07, 6.45) is 0. The molecule has 0 radical (unpaired) electrons. The Morgan fingerprint density at radius 3 is 2.72 bits per heavy atom. The fraction of sp³-hybridized carbons (Fsp3) is 0.611. The van der Waals surface area contributed by atoms with Gasteiger partial charge in [0, 0.05) is 25.2 Å². The van der Waals surface area contributed by atoms with Gasteiger partial charge in [-0.25, -0.2) is 4.79 Å². The van der Waals surface area contributed by atoms with Crippen LogP contribution < -0.4 is 20.1 Å². The molecule has 2 aliphatic heterocycles. The monoisotopic (exact) mass is 349 g/mol. The highest BCUT2D eigenvalue weighted by Gasteiger charge is 2.28. The third kappa shape index (κ3) is 4.35. The van der Waals surface area contributed by atoms with Crippen molar-refractivity contribution < 1.29 is 19.0 Å². The van der Waals surface area contributed by atoms with Crippen LogP contribution in [0.15, 0.2) is 18.2 Å². The fourth-order valence-electron chi connectivity index (χ4n) is 3.09. The Morgan fingerprint density at radius 1 is 1.24 bits per heavy atom. The number of nitrogens with one attached hydrogen (secondary N) is 2. The topological polar surface area (TPSA) is 72.1 Å². The van der Waals surface area contributed by atoms with Gasteiger partial charge in [0.25, 0.3) is 0 Å². The van der Waals surface area contributed by atoms with Gasteiger partial charge in [-0.1, -0.05) is 6.07 Å². The lowest BCUT2D eigenvalue weighted by atomic mass is 10.0. The summed E-state index contributed by atoms with van der Waals surface area (Å²) >= 11 is 0. The highest BCUT2D eigenvalue weighted by Crippen LogP contribution is 2.34. The number of fused-ring (bicyclic) bond motifs is 1. The Morgan fingerprint density at radius 2 is 1.96 bits per heavy atom. The Hall–Kier alpha value is -1.99. The van der Waals surface area contributed by atoms with E-state index in [2.05, 4.69) is 29.4 Å². The van der Waals surface area contributed by atoms with Crippen LogP contribution >= 0.6 is 0 Å². The first-order chi connectivity index (χ1) is 12.0. The molecule has 2 amide bonds. The average molecular weight is 349 g/mol. The van der Waals surface area contributed by atoms with Crippen LogP contribution in [0.25, 0.3) is 0 Å². The second-order valence-corrected chi connectivity index (χ2v) is 7.07. The van der Waals surface area contributed by atoms with E-state index in [1.807, 2.05) is 25.1 Å². The third-order valence-corrected chi connectivity index (χ3v) is 4.79. The van der Waals surface area contributed by atoms with Crippen LogP contribution in [0.4, 0.5) is 4.79 Å². The molecule has 0 aliphatic carbocycles. The van der Waals surface area contributed by atoms with E-state index in [0.29, 0.717) is 6.54 Å². The standard InChI is InChI=1S/C18H27N3O4/c1-13(14-4-5-15-16(10-14)25-12-24-15)20-17(22)19-11-18(2,3)21-6-8-23-9-7-21/h4-5,10,13H,6-9,11-12H2,1-3H3,(H2,19,20,22). The summed E-state index contributed by atoms with van der Waals surface area (Å²) < 4.78 is 16.1. The van der Waals surface area contributed by atoms with Gasteiger partial charge in [-0.05, 0) is 38.5 Å². The number of benzene rings is 1. The Balaban J connectivity index is 1.50. The number of rotatable bonds is 5. The second-order valence-electron chi connectivity index (χ2n) is 7.07. The quantitative estimate of drug-likeness (QED) is 0.849. The number of hydrogen-bond donors (Lipinski definition) is 2. The van der Waals surface area contributed by atoms with Crippen molar-refractivity contribution in [3.8, 4) is 11.5 Å². The SMILES string of the molecule is CC(NC(=O)NCC(C)(C)N1CCOCC1)c1ccc2c(c1)OCO2. The zero-order valence-electron chi connectivity index (χ0n) is 15.1. The molecule has 0 bridgehead atoms. The molecule has 1 unspecified atom stereocenters. The maximum atomic E-state index is 12.3. The number of carbonyl (C=O) groups excluding carboxylic acids is 1. The van der Waals surface area contributed by atoms with E-state index in [9.17, 15) is 4.79 Å². The highest BCUT2D eigenvalue weighted by molar-refractivity contribution is 5.74. The summed E-state index contributed by atoms with van der Waals surface area (Å²) in [5.41, 5.74) is 0.871. The normalized spacial score (nSPS) is 18.7. The summed E-state index contributed by atoms with van der Waals surface area (Å²) in [5, 5.41) is 5.96. The van der Waals surface area contributed by atoms with Crippen LogP contribution in [-0.2, 0) is 4.74 Å². The van der Waals surface area contributed by atoms with E-state index in [1.165, 1.54) is 0 Å². The Labute approximate surface area is 148 Å². The first kappa shape index (κ1) is 17.8. The molecule has 25 heavy (non-hydrogen) atoms. The number of urea groups is 1. The molecule has 0 saturated carbocycles. The van der Waals surface area contributed by atoms with Gasteiger partial charge in [-0.2, -0.15) is 0 Å². The van der Waals surface area contributed by atoms with Crippen LogP contribution in [0.3, 0.4) is 0 Å². The van der Waals surface area contributed by atoms with Crippen molar-refractivity contribution in [1.29, 1.82) is 0 Å². The minimum Gasteiger partial charge on any atom is -0.454 e. The Bertz CT molecular complexity index is 614. The molecule has 0 aromatic heterocycles. The molecule has 138 valence electrons. The first-order valence-electron chi connectivity index (χ1n) is 8.72. The minimum absolute atomic E-state index is 0.108. The van der Waals surface area contributed by atoms with Crippen LogP contribution in [0, 0.1) is 0 Å². The van der Waals surface area contributed by atoms with E-state index >= 15 is 0 Å². The van der Waals surface area contributed by atoms with Gasteiger partial charge >= 0.3 is 6.03 Å². The largest absolute Gasteiger partial charge is 0.454 e. The number of carbonyl (C=O) groups is 1. The minimum atomic E-state index is -0.175. The maximum Gasteiger partial charge on any atom is 0.315 e. The van der Waals surface area contributed by atoms with E-state index in [4.69, 9.17) is 14.2 Å². The lowest BCUT2D eigenvalue weighted by Crippen LogP contribution is -2.56. The van der Waals surface area contributed by atoms with Crippen LogP contribution in [0.1, 0.15) is 32.4 Å². The van der Waals surface area contributed by atoms with Crippen molar-refractivity contribution in [2.45, 2.75) is 32.4 Å². The highest BCUT2D eigenvalue weighted by atomic mass is 16.7. The predicted octanol–water partition coefficient (Wildman–Crippen LogP) is 1.89. The van der Waals surface area contributed by atoms with Gasteiger partial charge in [-0.3, -0.25) is 4.90 Å². The van der Waals surface area contributed by atoms with Crippen molar-refractivity contribution in [2.75, 3.05) is 39.6 Å². The van der Waals surface area contributed by atoms with Crippen molar-refractivity contribution in [1.82, 2.24) is 15.5 Å².